The summed E-state index contributed by atoms with van der Waals surface area (Å²) in [6, 6.07) is 12.4. The topological polar surface area (TPSA) is 34.4 Å². The van der Waals surface area contributed by atoms with Crippen LogP contribution in [-0.4, -0.2) is 7.11 Å². The summed E-state index contributed by atoms with van der Waals surface area (Å²) in [5.41, 5.74) is 2.35. The van der Waals surface area contributed by atoms with Crippen LogP contribution in [0.1, 0.15) is 29.9 Å². The van der Waals surface area contributed by atoms with E-state index >= 15 is 0 Å². The Morgan fingerprint density at radius 1 is 1.24 bits per heavy atom. The summed E-state index contributed by atoms with van der Waals surface area (Å²) in [5.74, 6) is 0.960. The largest absolute Gasteiger partial charge is 0.467 e. The lowest BCUT2D eigenvalue weighted by Crippen LogP contribution is -2.22. The van der Waals surface area contributed by atoms with E-state index < -0.39 is 0 Å². The lowest BCUT2D eigenvalue weighted by molar-refractivity contribution is 0.0858. The first-order valence-corrected chi connectivity index (χ1v) is 5.80. The van der Waals surface area contributed by atoms with Crippen LogP contribution >= 0.6 is 0 Å². The molecule has 3 rings (SSSR count). The van der Waals surface area contributed by atoms with Crippen LogP contribution in [0.25, 0.3) is 0 Å². The lowest BCUT2D eigenvalue weighted by atomic mass is 9.94. The molecule has 1 aromatic heterocycles. The summed E-state index contributed by atoms with van der Waals surface area (Å²) in [6.45, 7) is 0. The van der Waals surface area contributed by atoms with E-state index in [9.17, 15) is 0 Å². The molecule has 0 saturated carbocycles. The van der Waals surface area contributed by atoms with Gasteiger partial charge in [-0.1, -0.05) is 18.2 Å². The fourth-order valence-corrected chi connectivity index (χ4v) is 2.40. The van der Waals surface area contributed by atoms with Crippen molar-refractivity contribution in [1.82, 2.24) is 0 Å². The van der Waals surface area contributed by atoms with E-state index in [0.29, 0.717) is 0 Å². The number of hydrogen-bond acceptors (Lipinski definition) is 3. The first-order valence-electron chi connectivity index (χ1n) is 5.80. The van der Waals surface area contributed by atoms with Crippen LogP contribution in [0.3, 0.4) is 0 Å². The summed E-state index contributed by atoms with van der Waals surface area (Å²) in [6.07, 6.45) is 2.72. The summed E-state index contributed by atoms with van der Waals surface area (Å²) in [5, 5.41) is 3.49. The Bertz CT molecular complexity index is 493. The molecule has 0 radical (unpaired) electrons. The molecule has 0 saturated heterocycles. The van der Waals surface area contributed by atoms with Crippen molar-refractivity contribution in [3.8, 4) is 0 Å². The van der Waals surface area contributed by atoms with Crippen LogP contribution in [0.5, 0.6) is 0 Å². The second-order valence-corrected chi connectivity index (χ2v) is 4.26. The number of hydrogen-bond donors (Lipinski definition) is 1. The summed E-state index contributed by atoms with van der Waals surface area (Å²) in [7, 11) is 1.76. The Labute approximate surface area is 100 Å². The van der Waals surface area contributed by atoms with Gasteiger partial charge in [0.2, 0.25) is 0 Å². The molecule has 2 atom stereocenters. The van der Waals surface area contributed by atoms with E-state index in [1.807, 2.05) is 24.3 Å². The lowest BCUT2D eigenvalue weighted by Gasteiger charge is -2.31. The van der Waals surface area contributed by atoms with Crippen molar-refractivity contribution in [3.63, 3.8) is 0 Å². The molecule has 0 amide bonds. The maximum Gasteiger partial charge on any atom is 0.126 e. The third kappa shape index (κ3) is 1.83. The fraction of sp³-hybridized carbons (Fsp3) is 0.286. The molecule has 0 unspecified atom stereocenters. The third-order valence-electron chi connectivity index (χ3n) is 3.26. The van der Waals surface area contributed by atoms with Crippen molar-refractivity contribution in [2.24, 2.45) is 0 Å². The highest BCUT2D eigenvalue weighted by atomic mass is 16.5. The number of para-hydroxylation sites is 1. The second kappa shape index (κ2) is 4.26. The molecule has 2 heterocycles. The molecule has 3 nitrogen and oxygen atoms in total. The van der Waals surface area contributed by atoms with Crippen LogP contribution in [0, 0.1) is 0 Å². The highest BCUT2D eigenvalue weighted by Crippen LogP contribution is 2.40. The van der Waals surface area contributed by atoms with Crippen LogP contribution in [0.4, 0.5) is 5.69 Å². The molecular weight excluding hydrogens is 214 g/mol. The van der Waals surface area contributed by atoms with Gasteiger partial charge in [0.25, 0.3) is 0 Å². The van der Waals surface area contributed by atoms with Gasteiger partial charge in [0, 0.05) is 24.8 Å². The predicted octanol–water partition coefficient (Wildman–Crippen LogP) is 3.52. The first-order chi connectivity index (χ1) is 8.38. The molecule has 1 aliphatic rings. The van der Waals surface area contributed by atoms with Crippen molar-refractivity contribution < 1.29 is 9.15 Å². The second-order valence-electron chi connectivity index (χ2n) is 4.26. The molecule has 1 N–H and O–H groups in total. The van der Waals surface area contributed by atoms with Crippen molar-refractivity contribution in [2.75, 3.05) is 12.4 Å². The number of anilines is 1. The summed E-state index contributed by atoms with van der Waals surface area (Å²) < 4.78 is 11.0. The van der Waals surface area contributed by atoms with Crippen molar-refractivity contribution in [3.05, 3.63) is 54.0 Å². The normalized spacial score (nSPS) is 22.9. The zero-order valence-electron chi connectivity index (χ0n) is 9.72. The molecular formula is C14H15NO2. The molecule has 1 aliphatic heterocycles. The van der Waals surface area contributed by atoms with E-state index in [2.05, 4.69) is 17.4 Å². The van der Waals surface area contributed by atoms with Gasteiger partial charge in [-0.2, -0.15) is 0 Å². The van der Waals surface area contributed by atoms with Gasteiger partial charge in [0.1, 0.15) is 5.76 Å². The van der Waals surface area contributed by atoms with E-state index in [-0.39, 0.29) is 12.1 Å². The van der Waals surface area contributed by atoms with Crippen molar-refractivity contribution in [1.29, 1.82) is 0 Å². The van der Waals surface area contributed by atoms with E-state index in [1.54, 1.807) is 13.4 Å². The minimum absolute atomic E-state index is 0.127. The number of rotatable bonds is 2. The summed E-state index contributed by atoms with van der Waals surface area (Å²) in [4.78, 5) is 0. The van der Waals surface area contributed by atoms with Gasteiger partial charge in [-0.05, 0) is 18.2 Å². The number of benzene rings is 1. The highest BCUT2D eigenvalue weighted by Gasteiger charge is 2.28. The molecule has 0 aliphatic carbocycles. The highest BCUT2D eigenvalue weighted by molar-refractivity contribution is 5.55. The minimum Gasteiger partial charge on any atom is -0.467 e. The van der Waals surface area contributed by atoms with Gasteiger partial charge < -0.3 is 14.5 Å². The van der Waals surface area contributed by atoms with Crippen molar-refractivity contribution >= 4 is 5.69 Å². The number of fused-ring (bicyclic) bond motifs is 1. The molecule has 0 bridgehead atoms. The molecule has 0 fully saturated rings. The zero-order chi connectivity index (χ0) is 11.7. The Morgan fingerprint density at radius 3 is 2.88 bits per heavy atom. The van der Waals surface area contributed by atoms with Crippen LogP contribution in [0.2, 0.25) is 0 Å². The Kier molecular flexibility index (Phi) is 2.61. The van der Waals surface area contributed by atoms with E-state index in [1.165, 1.54) is 5.56 Å². The van der Waals surface area contributed by atoms with E-state index in [4.69, 9.17) is 9.15 Å². The predicted molar refractivity (Wildman–Crippen MR) is 65.9 cm³/mol. The maximum atomic E-state index is 5.56. The van der Waals surface area contributed by atoms with Gasteiger partial charge in [-0.3, -0.25) is 0 Å². The number of methoxy groups -OCH3 is 1. The van der Waals surface area contributed by atoms with Gasteiger partial charge in [0.15, 0.2) is 0 Å². The number of furan rings is 1. The minimum atomic E-state index is 0.127. The smallest absolute Gasteiger partial charge is 0.126 e. The zero-order valence-corrected chi connectivity index (χ0v) is 9.72. The SMILES string of the molecule is CO[C@@H]1C[C@H](c2ccco2)Nc2ccccc21. The monoisotopic (exact) mass is 229 g/mol. The first kappa shape index (κ1) is 10.4. The molecule has 2 aromatic rings. The van der Waals surface area contributed by atoms with Gasteiger partial charge in [0.05, 0.1) is 18.4 Å². The van der Waals surface area contributed by atoms with Gasteiger partial charge in [-0.25, -0.2) is 0 Å². The Balaban J connectivity index is 1.95. The molecule has 88 valence electrons. The van der Waals surface area contributed by atoms with Crippen molar-refractivity contribution in [2.45, 2.75) is 18.6 Å². The Morgan fingerprint density at radius 2 is 2.12 bits per heavy atom. The van der Waals surface area contributed by atoms with Gasteiger partial charge >= 0.3 is 0 Å². The third-order valence-corrected chi connectivity index (χ3v) is 3.26. The molecule has 1 aromatic carbocycles. The number of ether oxygens (including phenoxy) is 1. The van der Waals surface area contributed by atoms with Crippen LogP contribution in [0.15, 0.2) is 47.1 Å². The molecule has 17 heavy (non-hydrogen) atoms. The Hall–Kier alpha value is -1.74. The average molecular weight is 229 g/mol. The van der Waals surface area contributed by atoms with Crippen LogP contribution in [-0.2, 0) is 4.74 Å². The standard InChI is InChI=1S/C14H15NO2/c1-16-14-9-12(13-7-4-8-17-13)15-11-6-3-2-5-10(11)14/h2-8,12,14-15H,9H2,1H3/t12-,14-/m1/s1. The van der Waals surface area contributed by atoms with Gasteiger partial charge in [-0.15, -0.1) is 0 Å². The fourth-order valence-electron chi connectivity index (χ4n) is 2.40. The maximum absolute atomic E-state index is 5.56. The number of nitrogens with one attached hydrogen (secondary N) is 1. The average Bonchev–Trinajstić information content (AvgIpc) is 2.91. The van der Waals surface area contributed by atoms with E-state index in [0.717, 1.165) is 17.9 Å². The molecule has 3 heteroatoms. The quantitative estimate of drug-likeness (QED) is 0.855. The summed E-state index contributed by atoms with van der Waals surface area (Å²) >= 11 is 0. The molecule has 0 spiro atoms. The van der Waals surface area contributed by atoms with Crippen LogP contribution < -0.4 is 5.32 Å².